The first-order valence-corrected chi connectivity index (χ1v) is 10.4. The van der Waals surface area contributed by atoms with Gasteiger partial charge in [0.05, 0.1) is 12.1 Å². The molecule has 1 aliphatic carbocycles. The third kappa shape index (κ3) is 3.64. The lowest BCUT2D eigenvalue weighted by Gasteiger charge is -2.35. The second kappa shape index (κ2) is 7.59. The quantitative estimate of drug-likeness (QED) is 0.655. The Kier molecular flexibility index (Phi) is 4.79. The molecule has 0 amide bonds. The molecule has 1 aromatic carbocycles. The van der Waals surface area contributed by atoms with Crippen LogP contribution in [0, 0.1) is 0 Å². The van der Waals surface area contributed by atoms with Crippen LogP contribution in [0.2, 0.25) is 0 Å². The predicted octanol–water partition coefficient (Wildman–Crippen LogP) is 2.67. The molecule has 1 saturated carbocycles. The average Bonchev–Trinajstić information content (AvgIpc) is 3.14. The maximum atomic E-state index is 5.46. The fourth-order valence-electron chi connectivity index (χ4n) is 4.10. The maximum absolute atomic E-state index is 5.46. The first-order valence-electron chi connectivity index (χ1n) is 10.4. The number of anilines is 2. The highest BCUT2D eigenvalue weighted by Gasteiger charge is 2.26. The van der Waals surface area contributed by atoms with Crippen LogP contribution in [0.5, 0.6) is 0 Å². The Hall–Kier alpha value is -2.74. The summed E-state index contributed by atoms with van der Waals surface area (Å²) in [4.78, 5) is 20.3. The molecule has 0 N–H and O–H groups in total. The zero-order chi connectivity index (χ0) is 19.8. The molecule has 3 aromatic rings. The van der Waals surface area contributed by atoms with E-state index in [2.05, 4.69) is 48.1 Å². The molecule has 0 bridgehead atoms. The highest BCUT2D eigenvalue weighted by atomic mass is 16.5. The zero-order valence-electron chi connectivity index (χ0n) is 17.1. The van der Waals surface area contributed by atoms with Gasteiger partial charge in [-0.3, -0.25) is 4.90 Å². The van der Waals surface area contributed by atoms with E-state index in [0.717, 1.165) is 61.2 Å². The number of rotatable bonds is 5. The Morgan fingerprint density at radius 1 is 1.10 bits per heavy atom. The third-order valence-corrected chi connectivity index (χ3v) is 6.06. The van der Waals surface area contributed by atoms with E-state index in [0.29, 0.717) is 5.92 Å². The Morgan fingerprint density at radius 2 is 1.93 bits per heavy atom. The van der Waals surface area contributed by atoms with Crippen LogP contribution >= 0.6 is 0 Å². The minimum absolute atomic E-state index is 0.497. The van der Waals surface area contributed by atoms with Crippen LogP contribution in [0.4, 0.5) is 11.5 Å². The monoisotopic (exact) mass is 393 g/mol. The van der Waals surface area contributed by atoms with E-state index in [9.17, 15) is 0 Å². The summed E-state index contributed by atoms with van der Waals surface area (Å²) in [6, 6.07) is 6.46. The van der Waals surface area contributed by atoms with Crippen molar-refractivity contribution in [2.45, 2.75) is 31.7 Å². The Bertz CT molecular complexity index is 990. The molecule has 2 aliphatic rings. The van der Waals surface area contributed by atoms with E-state index in [1.807, 2.05) is 19.0 Å². The van der Waals surface area contributed by atoms with Gasteiger partial charge in [-0.15, -0.1) is 0 Å². The largest absolute Gasteiger partial charge is 0.369 e. The van der Waals surface area contributed by atoms with E-state index in [1.165, 1.54) is 24.9 Å². The van der Waals surface area contributed by atoms with Crippen molar-refractivity contribution in [1.29, 1.82) is 0 Å². The standard InChI is InChI=1S/C21H27N7O/c1-26(2)20-17-12-16(6-7-18(17)22-14-23-20)28-10-8-27(9-11-28)13-19-24-21(29-25-19)15-4-3-5-15/h6-7,12,14-15H,3-5,8-11,13H2,1-2H3. The van der Waals surface area contributed by atoms with Gasteiger partial charge in [0, 0.05) is 57.3 Å². The lowest BCUT2D eigenvalue weighted by Crippen LogP contribution is -2.46. The van der Waals surface area contributed by atoms with Gasteiger partial charge < -0.3 is 14.3 Å². The third-order valence-electron chi connectivity index (χ3n) is 6.06. The van der Waals surface area contributed by atoms with E-state index in [1.54, 1.807) is 6.33 Å². The lowest BCUT2D eigenvalue weighted by molar-refractivity contribution is 0.238. The number of aromatic nitrogens is 4. The van der Waals surface area contributed by atoms with Crippen molar-refractivity contribution in [1.82, 2.24) is 25.0 Å². The van der Waals surface area contributed by atoms with Crippen molar-refractivity contribution in [2.75, 3.05) is 50.1 Å². The van der Waals surface area contributed by atoms with E-state index in [-0.39, 0.29) is 0 Å². The molecule has 0 radical (unpaired) electrons. The van der Waals surface area contributed by atoms with E-state index < -0.39 is 0 Å². The van der Waals surface area contributed by atoms with Crippen molar-refractivity contribution in [3.63, 3.8) is 0 Å². The van der Waals surface area contributed by atoms with Crippen LogP contribution in [0.15, 0.2) is 29.0 Å². The van der Waals surface area contributed by atoms with Gasteiger partial charge in [0.15, 0.2) is 5.82 Å². The molecule has 3 heterocycles. The first kappa shape index (κ1) is 18.3. The number of hydrogen-bond donors (Lipinski definition) is 0. The van der Waals surface area contributed by atoms with Crippen LogP contribution < -0.4 is 9.80 Å². The molecular formula is C21H27N7O. The summed E-state index contributed by atoms with van der Waals surface area (Å²) >= 11 is 0. The summed E-state index contributed by atoms with van der Waals surface area (Å²) in [7, 11) is 4.03. The Morgan fingerprint density at radius 3 is 2.66 bits per heavy atom. The molecule has 29 heavy (non-hydrogen) atoms. The molecule has 152 valence electrons. The van der Waals surface area contributed by atoms with Gasteiger partial charge >= 0.3 is 0 Å². The highest BCUT2D eigenvalue weighted by Crippen LogP contribution is 2.35. The lowest BCUT2D eigenvalue weighted by atomic mass is 9.85. The fraction of sp³-hybridized carbons (Fsp3) is 0.524. The molecule has 8 nitrogen and oxygen atoms in total. The van der Waals surface area contributed by atoms with Crippen LogP contribution in [0.25, 0.3) is 10.9 Å². The summed E-state index contributed by atoms with van der Waals surface area (Å²) in [5, 5.41) is 5.28. The molecule has 2 fully saturated rings. The van der Waals surface area contributed by atoms with Gasteiger partial charge in [0.2, 0.25) is 5.89 Å². The van der Waals surface area contributed by atoms with Crippen LogP contribution in [0.1, 0.15) is 36.9 Å². The number of benzene rings is 1. The molecule has 0 atom stereocenters. The summed E-state index contributed by atoms with van der Waals surface area (Å²) in [6.45, 7) is 4.68. The minimum atomic E-state index is 0.497. The van der Waals surface area contributed by atoms with Gasteiger partial charge in [-0.1, -0.05) is 11.6 Å². The molecule has 2 aromatic heterocycles. The van der Waals surface area contributed by atoms with Crippen molar-refractivity contribution >= 4 is 22.4 Å². The number of piperazine rings is 1. The van der Waals surface area contributed by atoms with Crippen molar-refractivity contribution in [3.05, 3.63) is 36.2 Å². The number of nitrogens with zero attached hydrogens (tertiary/aromatic N) is 7. The Balaban J connectivity index is 1.24. The highest BCUT2D eigenvalue weighted by molar-refractivity contribution is 5.91. The summed E-state index contributed by atoms with van der Waals surface area (Å²) in [5.74, 6) is 3.10. The van der Waals surface area contributed by atoms with Gasteiger partial charge in [0.25, 0.3) is 0 Å². The van der Waals surface area contributed by atoms with Crippen LogP contribution in [-0.2, 0) is 6.54 Å². The smallest absolute Gasteiger partial charge is 0.229 e. The predicted molar refractivity (Wildman–Crippen MR) is 112 cm³/mol. The molecular weight excluding hydrogens is 366 g/mol. The molecule has 1 saturated heterocycles. The fourth-order valence-corrected chi connectivity index (χ4v) is 4.10. The topological polar surface area (TPSA) is 74.4 Å². The first-order chi connectivity index (χ1) is 14.2. The average molecular weight is 393 g/mol. The molecule has 8 heteroatoms. The maximum Gasteiger partial charge on any atom is 0.229 e. The van der Waals surface area contributed by atoms with Crippen LogP contribution in [0.3, 0.4) is 0 Å². The van der Waals surface area contributed by atoms with E-state index in [4.69, 9.17) is 4.52 Å². The minimum Gasteiger partial charge on any atom is -0.369 e. The van der Waals surface area contributed by atoms with E-state index >= 15 is 0 Å². The number of fused-ring (bicyclic) bond motifs is 1. The second-order valence-corrected chi connectivity index (χ2v) is 8.23. The summed E-state index contributed by atoms with van der Waals surface area (Å²) < 4.78 is 5.46. The van der Waals surface area contributed by atoms with Crippen molar-refractivity contribution < 1.29 is 4.52 Å². The van der Waals surface area contributed by atoms with Crippen LogP contribution in [-0.4, -0.2) is 65.3 Å². The zero-order valence-corrected chi connectivity index (χ0v) is 17.1. The summed E-state index contributed by atoms with van der Waals surface area (Å²) in [6.07, 6.45) is 5.28. The van der Waals surface area contributed by atoms with Gasteiger partial charge in [-0.25, -0.2) is 9.97 Å². The van der Waals surface area contributed by atoms with Crippen molar-refractivity contribution in [2.24, 2.45) is 0 Å². The molecule has 0 unspecified atom stereocenters. The second-order valence-electron chi connectivity index (χ2n) is 8.23. The molecule has 1 aliphatic heterocycles. The van der Waals surface area contributed by atoms with Crippen molar-refractivity contribution in [3.8, 4) is 0 Å². The SMILES string of the molecule is CN(C)c1ncnc2ccc(N3CCN(Cc4noc(C5CCC5)n4)CC3)cc12. The number of hydrogen-bond acceptors (Lipinski definition) is 8. The summed E-state index contributed by atoms with van der Waals surface area (Å²) in [5.41, 5.74) is 2.20. The molecule has 0 spiro atoms. The van der Waals surface area contributed by atoms with Gasteiger partial charge in [-0.05, 0) is 31.0 Å². The normalized spacial score (nSPS) is 18.2. The van der Waals surface area contributed by atoms with Gasteiger partial charge in [-0.2, -0.15) is 4.98 Å². The Labute approximate surface area is 170 Å². The van der Waals surface area contributed by atoms with Gasteiger partial charge in [0.1, 0.15) is 12.1 Å². The molecule has 5 rings (SSSR count).